The number of rotatable bonds is 4. The lowest BCUT2D eigenvalue weighted by Gasteiger charge is -2.08. The second-order valence-electron chi connectivity index (χ2n) is 4.16. The third kappa shape index (κ3) is 4.00. The zero-order valence-corrected chi connectivity index (χ0v) is 10.8. The van der Waals surface area contributed by atoms with Gasteiger partial charge in [0.25, 0.3) is 0 Å². The van der Waals surface area contributed by atoms with Crippen molar-refractivity contribution in [3.8, 4) is 0 Å². The average molecular weight is 289 g/mol. The standard InChI is InChI=1S/C14H12FN3O3/c15-11-7-10(13(19)20)1-2-12(11)18-14(21)17-8-9-3-5-16-6-4-9/h1-7H,8H2,(H,19,20)(H2,17,18,21). The molecular weight excluding hydrogens is 277 g/mol. The van der Waals surface area contributed by atoms with Crippen molar-refractivity contribution >= 4 is 17.7 Å². The van der Waals surface area contributed by atoms with Crippen LogP contribution in [-0.2, 0) is 6.54 Å². The van der Waals surface area contributed by atoms with Crippen LogP contribution in [-0.4, -0.2) is 22.1 Å². The van der Waals surface area contributed by atoms with Crippen LogP contribution in [0.2, 0.25) is 0 Å². The second kappa shape index (κ2) is 6.47. The van der Waals surface area contributed by atoms with Crippen LogP contribution in [0.1, 0.15) is 15.9 Å². The molecule has 0 aliphatic rings. The summed E-state index contributed by atoms with van der Waals surface area (Å²) >= 11 is 0. The van der Waals surface area contributed by atoms with Crippen molar-refractivity contribution in [2.45, 2.75) is 6.54 Å². The molecule has 6 nitrogen and oxygen atoms in total. The van der Waals surface area contributed by atoms with Crippen LogP contribution in [0.25, 0.3) is 0 Å². The van der Waals surface area contributed by atoms with Gasteiger partial charge in [-0.2, -0.15) is 0 Å². The molecule has 0 saturated heterocycles. The monoisotopic (exact) mass is 289 g/mol. The van der Waals surface area contributed by atoms with Crippen LogP contribution in [0.4, 0.5) is 14.9 Å². The molecule has 3 N–H and O–H groups in total. The van der Waals surface area contributed by atoms with Crippen molar-refractivity contribution in [3.63, 3.8) is 0 Å². The summed E-state index contributed by atoms with van der Waals surface area (Å²) in [6.07, 6.45) is 3.19. The minimum absolute atomic E-state index is 0.0905. The highest BCUT2D eigenvalue weighted by Gasteiger charge is 2.10. The molecule has 0 spiro atoms. The fraction of sp³-hybridized carbons (Fsp3) is 0.0714. The van der Waals surface area contributed by atoms with Crippen molar-refractivity contribution in [3.05, 3.63) is 59.7 Å². The molecular formula is C14H12FN3O3. The molecule has 0 unspecified atom stereocenters. The molecule has 2 amide bonds. The molecule has 1 heterocycles. The summed E-state index contributed by atoms with van der Waals surface area (Å²) in [6.45, 7) is 0.267. The second-order valence-corrected chi connectivity index (χ2v) is 4.16. The normalized spacial score (nSPS) is 9.95. The topological polar surface area (TPSA) is 91.3 Å². The molecule has 21 heavy (non-hydrogen) atoms. The largest absolute Gasteiger partial charge is 0.478 e. The number of nitrogens with zero attached hydrogens (tertiary/aromatic N) is 1. The highest BCUT2D eigenvalue weighted by molar-refractivity contribution is 5.91. The number of halogens is 1. The van der Waals surface area contributed by atoms with Gasteiger partial charge in [0, 0.05) is 18.9 Å². The van der Waals surface area contributed by atoms with Crippen LogP contribution >= 0.6 is 0 Å². The number of aromatic carboxylic acids is 1. The van der Waals surface area contributed by atoms with E-state index < -0.39 is 17.8 Å². The van der Waals surface area contributed by atoms with Crippen LogP contribution < -0.4 is 10.6 Å². The number of nitrogens with one attached hydrogen (secondary N) is 2. The van der Waals surface area contributed by atoms with E-state index in [0.717, 1.165) is 11.6 Å². The SMILES string of the molecule is O=C(NCc1ccncc1)Nc1ccc(C(=O)O)cc1F. The van der Waals surface area contributed by atoms with Crippen molar-refractivity contribution < 1.29 is 19.1 Å². The Morgan fingerprint density at radius 1 is 1.19 bits per heavy atom. The van der Waals surface area contributed by atoms with Gasteiger partial charge >= 0.3 is 12.0 Å². The van der Waals surface area contributed by atoms with Gasteiger partial charge in [0.2, 0.25) is 0 Å². The van der Waals surface area contributed by atoms with Crippen molar-refractivity contribution in [1.29, 1.82) is 0 Å². The number of carboxylic acid groups (broad SMARTS) is 1. The van der Waals surface area contributed by atoms with E-state index >= 15 is 0 Å². The number of pyridine rings is 1. The Labute approximate surface area is 119 Å². The molecule has 0 atom stereocenters. The first-order chi connectivity index (χ1) is 10.1. The number of hydrogen-bond donors (Lipinski definition) is 3. The fourth-order valence-electron chi connectivity index (χ4n) is 1.60. The number of anilines is 1. The lowest BCUT2D eigenvalue weighted by atomic mass is 10.2. The molecule has 2 rings (SSSR count). The van der Waals surface area contributed by atoms with Crippen molar-refractivity contribution in [2.24, 2.45) is 0 Å². The van der Waals surface area contributed by atoms with E-state index in [1.54, 1.807) is 24.5 Å². The van der Waals surface area contributed by atoms with E-state index in [9.17, 15) is 14.0 Å². The minimum atomic E-state index is -1.23. The maximum atomic E-state index is 13.6. The minimum Gasteiger partial charge on any atom is -0.478 e. The van der Waals surface area contributed by atoms with E-state index in [1.165, 1.54) is 12.1 Å². The summed E-state index contributed by atoms with van der Waals surface area (Å²) < 4.78 is 13.6. The van der Waals surface area contributed by atoms with E-state index in [-0.39, 0.29) is 17.8 Å². The van der Waals surface area contributed by atoms with E-state index in [4.69, 9.17) is 5.11 Å². The van der Waals surface area contributed by atoms with Gasteiger partial charge in [-0.05, 0) is 35.9 Å². The maximum Gasteiger partial charge on any atom is 0.335 e. The molecule has 2 aromatic rings. The molecule has 108 valence electrons. The molecule has 0 saturated carbocycles. The lowest BCUT2D eigenvalue weighted by molar-refractivity contribution is 0.0696. The van der Waals surface area contributed by atoms with E-state index in [1.807, 2.05) is 0 Å². The van der Waals surface area contributed by atoms with Gasteiger partial charge in [0.1, 0.15) is 5.82 Å². The van der Waals surface area contributed by atoms with Gasteiger partial charge in [0.05, 0.1) is 11.3 Å². The molecule has 0 radical (unpaired) electrons. The molecule has 0 aliphatic carbocycles. The number of hydrogen-bond acceptors (Lipinski definition) is 3. The average Bonchev–Trinajstić information content (AvgIpc) is 2.48. The molecule has 0 fully saturated rings. The number of urea groups is 1. The first kappa shape index (κ1) is 14.4. The number of amides is 2. The van der Waals surface area contributed by atoms with Crippen LogP contribution in [0.5, 0.6) is 0 Å². The van der Waals surface area contributed by atoms with Gasteiger partial charge in [-0.25, -0.2) is 14.0 Å². The predicted molar refractivity (Wildman–Crippen MR) is 73.5 cm³/mol. The summed E-state index contributed by atoms with van der Waals surface area (Å²) in [6, 6.07) is 6.15. The Morgan fingerprint density at radius 2 is 1.90 bits per heavy atom. The fourth-order valence-corrected chi connectivity index (χ4v) is 1.60. The van der Waals surface area contributed by atoms with Crippen molar-refractivity contribution in [2.75, 3.05) is 5.32 Å². The van der Waals surface area contributed by atoms with Crippen LogP contribution in [0.3, 0.4) is 0 Å². The summed E-state index contributed by atoms with van der Waals surface area (Å²) in [7, 11) is 0. The van der Waals surface area contributed by atoms with Gasteiger partial charge in [0.15, 0.2) is 0 Å². The smallest absolute Gasteiger partial charge is 0.335 e. The lowest BCUT2D eigenvalue weighted by Crippen LogP contribution is -2.28. The first-order valence-electron chi connectivity index (χ1n) is 6.03. The third-order valence-corrected chi connectivity index (χ3v) is 2.67. The zero-order chi connectivity index (χ0) is 15.2. The van der Waals surface area contributed by atoms with Crippen molar-refractivity contribution in [1.82, 2.24) is 10.3 Å². The first-order valence-corrected chi connectivity index (χ1v) is 6.03. The molecule has 1 aromatic heterocycles. The number of aromatic nitrogens is 1. The number of carboxylic acids is 1. The molecule has 1 aromatic carbocycles. The summed E-state index contributed by atoms with van der Waals surface area (Å²) in [5.41, 5.74) is 0.573. The van der Waals surface area contributed by atoms with E-state index in [2.05, 4.69) is 15.6 Å². The highest BCUT2D eigenvalue weighted by Crippen LogP contribution is 2.15. The van der Waals surface area contributed by atoms with Gasteiger partial charge in [-0.3, -0.25) is 4.98 Å². The summed E-state index contributed by atoms with van der Waals surface area (Å²) in [4.78, 5) is 26.2. The molecule has 7 heteroatoms. The van der Waals surface area contributed by atoms with E-state index in [0.29, 0.717) is 0 Å². The highest BCUT2D eigenvalue weighted by atomic mass is 19.1. The van der Waals surface area contributed by atoms with Crippen LogP contribution in [0.15, 0.2) is 42.7 Å². The maximum absolute atomic E-state index is 13.6. The Kier molecular flexibility index (Phi) is 4.45. The predicted octanol–water partition coefficient (Wildman–Crippen LogP) is 2.24. The molecule has 0 aliphatic heterocycles. The molecule has 0 bridgehead atoms. The quantitative estimate of drug-likeness (QED) is 0.805. The van der Waals surface area contributed by atoms with Gasteiger partial charge < -0.3 is 15.7 Å². The Hall–Kier alpha value is -2.96. The number of benzene rings is 1. The third-order valence-electron chi connectivity index (χ3n) is 2.67. The Balaban J connectivity index is 1.95. The summed E-state index contributed by atoms with van der Waals surface area (Å²) in [5.74, 6) is -2.04. The summed E-state index contributed by atoms with van der Waals surface area (Å²) in [5, 5.41) is 13.6. The Bertz CT molecular complexity index is 662. The van der Waals surface area contributed by atoms with Crippen LogP contribution in [0, 0.1) is 5.82 Å². The zero-order valence-electron chi connectivity index (χ0n) is 10.8. The van der Waals surface area contributed by atoms with Gasteiger partial charge in [-0.1, -0.05) is 0 Å². The number of carbonyl (C=O) groups excluding carboxylic acids is 1. The number of carbonyl (C=O) groups is 2. The van der Waals surface area contributed by atoms with Gasteiger partial charge in [-0.15, -0.1) is 0 Å². The Morgan fingerprint density at radius 3 is 2.52 bits per heavy atom.